The largest absolute Gasteiger partial charge is 0.464 e. The summed E-state index contributed by atoms with van der Waals surface area (Å²) in [6.07, 6.45) is 8.43. The van der Waals surface area contributed by atoms with Crippen LogP contribution in [0.5, 0.6) is 0 Å². The lowest BCUT2D eigenvalue weighted by Gasteiger charge is -2.69. The number of esters is 1. The fourth-order valence-electron chi connectivity index (χ4n) is 14.4. The zero-order valence-corrected chi connectivity index (χ0v) is 50.2. The summed E-state index contributed by atoms with van der Waals surface area (Å²) in [5, 5.41) is 16.8. The molecule has 16 heteroatoms. The molecule has 0 radical (unpaired) electrons. The van der Waals surface area contributed by atoms with Gasteiger partial charge in [0.25, 0.3) is 8.32 Å². The molecule has 2 unspecified atom stereocenters. The van der Waals surface area contributed by atoms with Crippen molar-refractivity contribution in [1.82, 2.24) is 29.5 Å². The van der Waals surface area contributed by atoms with Gasteiger partial charge < -0.3 is 23.5 Å². The van der Waals surface area contributed by atoms with Gasteiger partial charge in [-0.05, 0) is 126 Å². The predicted octanol–water partition coefficient (Wildman–Crippen LogP) is 12.2. The number of aromatic nitrogens is 6. The van der Waals surface area contributed by atoms with Crippen molar-refractivity contribution in [3.8, 4) is 11.1 Å². The van der Waals surface area contributed by atoms with Crippen LogP contribution in [-0.2, 0) is 31.9 Å². The minimum absolute atomic E-state index is 0.0103. The number of thiazole rings is 1. The number of anilines is 2. The van der Waals surface area contributed by atoms with Crippen molar-refractivity contribution in [2.75, 3.05) is 38.9 Å². The number of methoxy groups -OCH3 is 1. The Balaban J connectivity index is 0.872. The summed E-state index contributed by atoms with van der Waals surface area (Å²) in [4.78, 5) is 26.3. The van der Waals surface area contributed by atoms with E-state index in [0.29, 0.717) is 49.6 Å². The second-order valence-electron chi connectivity index (χ2n) is 25.6. The first-order valence-electron chi connectivity index (χ1n) is 27.4. The maximum atomic E-state index is 13.7. The monoisotopic (exact) mass is 1090 g/mol. The highest BCUT2D eigenvalue weighted by molar-refractivity contribution is 7.16. The molecule has 4 aromatic heterocycles. The third-order valence-electron chi connectivity index (χ3n) is 16.7. The van der Waals surface area contributed by atoms with Gasteiger partial charge in [-0.15, -0.1) is 10.2 Å². The lowest BCUT2D eigenvalue weighted by molar-refractivity contribution is -0.249. The van der Waals surface area contributed by atoms with Crippen molar-refractivity contribution in [3.05, 3.63) is 131 Å². The minimum Gasteiger partial charge on any atom is -0.464 e. The second-order valence-corrected chi connectivity index (χ2v) is 36.5. The smallest absolute Gasteiger partial charge is 0.357 e. The van der Waals surface area contributed by atoms with Crippen LogP contribution in [0.4, 0.5) is 17.5 Å². The number of hydrogen-bond donors (Lipinski definition) is 0. The number of benzene rings is 3. The fraction of sp³-hybridized carbons (Fsp3) is 0.475. The van der Waals surface area contributed by atoms with Gasteiger partial charge in [-0.2, -0.15) is 10.1 Å². The Morgan fingerprint density at radius 3 is 2.09 bits per heavy atom. The van der Waals surface area contributed by atoms with Crippen LogP contribution in [-0.4, -0.2) is 91.5 Å². The number of nitrogens with zero attached hydrogens (tertiary/aromatic N) is 8. The van der Waals surface area contributed by atoms with Gasteiger partial charge in [-0.25, -0.2) is 9.78 Å². The van der Waals surface area contributed by atoms with E-state index in [-0.39, 0.29) is 32.6 Å². The lowest BCUT2D eigenvalue weighted by atomic mass is 9.39. The van der Waals surface area contributed by atoms with Crippen molar-refractivity contribution in [2.45, 2.75) is 137 Å². The Morgan fingerprint density at radius 1 is 0.792 bits per heavy atom. The molecule has 11 rings (SSSR count). The van der Waals surface area contributed by atoms with Crippen LogP contribution >= 0.6 is 11.3 Å². The van der Waals surface area contributed by atoms with Gasteiger partial charge in [0.05, 0.1) is 42.3 Å². The summed E-state index contributed by atoms with van der Waals surface area (Å²) in [6.45, 7) is 26.1. The maximum absolute atomic E-state index is 13.7. The molecule has 4 fully saturated rings. The van der Waals surface area contributed by atoms with E-state index in [1.165, 1.54) is 23.9 Å². The molecule has 0 spiro atoms. The number of rotatable bonds is 19. The first kappa shape index (κ1) is 54.7. The highest BCUT2D eigenvalue weighted by Crippen LogP contribution is 2.72. The number of ether oxygens (including phenoxy) is 3. The zero-order chi connectivity index (χ0) is 54.6. The Labute approximate surface area is 461 Å². The Bertz CT molecular complexity index is 3290. The molecule has 7 aromatic rings. The van der Waals surface area contributed by atoms with Gasteiger partial charge in [-0.1, -0.05) is 138 Å². The molecule has 0 saturated heterocycles. The van der Waals surface area contributed by atoms with Crippen molar-refractivity contribution < 1.29 is 23.4 Å². The highest BCUT2D eigenvalue weighted by atomic mass is 32.1. The van der Waals surface area contributed by atoms with Gasteiger partial charge in [0.2, 0.25) is 0 Å². The standard InChI is InChI=1S/C61H78N8O5SSi2/c1-43-33-52(65-66-54(43)64-56-68(42-72-31-32-76(10,11)12)49-25-19-20-26-50(49)75-56)67(8)51-28-27-47(53(63-51)55(70)71-9)48-34-62-69(44(48)2)41-60-36-58(6)35-59(7,37-60)39-61(38-58,40-60)73-29-30-74-77(57(3,4)5,45-21-15-13-16-22-45)46-23-17-14-18-24-46/h13-28,33-34H,29-32,35-42H2,1-12H3. The number of aryl methyl sites for hydroxylation is 1. The minimum atomic E-state index is -2.71. The van der Waals surface area contributed by atoms with E-state index < -0.39 is 22.4 Å². The van der Waals surface area contributed by atoms with E-state index in [1.807, 2.05) is 55.4 Å². The van der Waals surface area contributed by atoms with E-state index in [0.717, 1.165) is 76.5 Å². The topological polar surface area (TPSA) is 131 Å². The number of fused-ring (bicyclic) bond motifs is 1. The van der Waals surface area contributed by atoms with E-state index in [4.69, 9.17) is 33.7 Å². The first-order valence-corrected chi connectivity index (χ1v) is 33.8. The van der Waals surface area contributed by atoms with Crippen molar-refractivity contribution in [1.29, 1.82) is 0 Å². The van der Waals surface area contributed by atoms with Crippen LogP contribution < -0.4 is 20.1 Å². The summed E-state index contributed by atoms with van der Waals surface area (Å²) in [5.74, 6) is 1.08. The van der Waals surface area contributed by atoms with Gasteiger partial charge in [-0.3, -0.25) is 9.25 Å². The summed E-state index contributed by atoms with van der Waals surface area (Å²) in [5.41, 5.74) is 4.67. The molecule has 4 aliphatic rings. The molecule has 3 aromatic carbocycles. The lowest BCUT2D eigenvalue weighted by Crippen LogP contribution is -2.67. The summed E-state index contributed by atoms with van der Waals surface area (Å²) in [6, 6.07) is 36.9. The van der Waals surface area contributed by atoms with Crippen molar-refractivity contribution in [3.63, 3.8) is 0 Å². The molecule has 4 saturated carbocycles. The molecule has 406 valence electrons. The number of pyridine rings is 1. The summed E-state index contributed by atoms with van der Waals surface area (Å²) in [7, 11) is -0.681. The number of para-hydroxylation sites is 1. The molecular weight excluding hydrogens is 1010 g/mol. The second kappa shape index (κ2) is 20.9. The Morgan fingerprint density at radius 2 is 1.45 bits per heavy atom. The van der Waals surface area contributed by atoms with Gasteiger partial charge >= 0.3 is 5.97 Å². The zero-order valence-electron chi connectivity index (χ0n) is 47.4. The van der Waals surface area contributed by atoms with Gasteiger partial charge in [0.15, 0.2) is 22.1 Å². The number of carbonyl (C=O) groups excluding carboxylic acids is 1. The van der Waals surface area contributed by atoms with Crippen LogP contribution in [0.2, 0.25) is 30.7 Å². The Hall–Kier alpha value is -5.63. The molecule has 13 nitrogen and oxygen atoms in total. The van der Waals surface area contributed by atoms with Gasteiger partial charge in [0.1, 0.15) is 12.5 Å². The highest BCUT2D eigenvalue weighted by Gasteiger charge is 2.66. The quantitative estimate of drug-likeness (QED) is 0.0438. The molecular formula is C61H78N8O5SSi2. The van der Waals surface area contributed by atoms with Crippen molar-refractivity contribution in [2.24, 2.45) is 21.2 Å². The SMILES string of the molecule is COC(=O)c1nc(N(C)c2cc(C)c(N=c3sc4ccccc4n3COCC[Si](C)(C)C)nn2)ccc1-c1cnn(CC23CC4(C)CC(C)(C2)CC(OCCO[Si](c2ccccc2)(c2ccccc2)C(C)(C)C)(C4)C3)c1C. The van der Waals surface area contributed by atoms with E-state index >= 15 is 0 Å². The third kappa shape index (κ3) is 10.9. The molecule has 4 bridgehead atoms. The molecule has 4 heterocycles. The maximum Gasteiger partial charge on any atom is 0.357 e. The van der Waals surface area contributed by atoms with Gasteiger partial charge in [0, 0.05) is 45.1 Å². The number of hydrogen-bond acceptors (Lipinski definition) is 12. The van der Waals surface area contributed by atoms with E-state index in [2.05, 4.69) is 153 Å². The fourth-order valence-corrected chi connectivity index (χ4v) is 20.7. The number of carbonyl (C=O) groups is 1. The van der Waals surface area contributed by atoms with Crippen LogP contribution in [0, 0.1) is 30.1 Å². The van der Waals surface area contributed by atoms with Crippen LogP contribution in [0.15, 0.2) is 114 Å². The molecule has 0 aliphatic heterocycles. The average Bonchev–Trinajstić information content (AvgIpc) is 4.09. The van der Waals surface area contributed by atoms with Crippen LogP contribution in [0.3, 0.4) is 0 Å². The Kier molecular flexibility index (Phi) is 14.8. The third-order valence-corrected chi connectivity index (χ3v) is 24.5. The molecule has 0 N–H and O–H groups in total. The van der Waals surface area contributed by atoms with E-state index in [1.54, 1.807) is 11.3 Å². The van der Waals surface area contributed by atoms with Crippen LogP contribution in [0.25, 0.3) is 21.3 Å². The summed E-state index contributed by atoms with van der Waals surface area (Å²) >= 11 is 1.60. The average molecular weight is 1090 g/mol. The normalized spacial score (nSPS) is 22.5. The molecule has 0 amide bonds. The first-order chi connectivity index (χ1) is 36.6. The van der Waals surface area contributed by atoms with Crippen molar-refractivity contribution >= 4 is 71.7 Å². The molecule has 77 heavy (non-hydrogen) atoms. The molecule has 2 atom stereocenters. The van der Waals surface area contributed by atoms with E-state index in [9.17, 15) is 4.79 Å². The van der Waals surface area contributed by atoms with Crippen LogP contribution in [0.1, 0.15) is 94.9 Å². The summed E-state index contributed by atoms with van der Waals surface area (Å²) < 4.78 is 31.6. The predicted molar refractivity (Wildman–Crippen MR) is 314 cm³/mol. The molecule has 4 aliphatic carbocycles.